The first kappa shape index (κ1) is 17.2. The number of rotatable bonds is 7. The van der Waals surface area contributed by atoms with Crippen LogP contribution in [0.15, 0.2) is 36.4 Å². The maximum atomic E-state index is 5.82. The molecule has 3 rings (SSSR count). The van der Waals surface area contributed by atoms with Crippen LogP contribution in [0.2, 0.25) is 0 Å². The highest BCUT2D eigenvalue weighted by Crippen LogP contribution is 2.28. The summed E-state index contributed by atoms with van der Waals surface area (Å²) >= 11 is 1.56. The molecule has 0 fully saturated rings. The molecule has 0 aliphatic heterocycles. The molecule has 0 amide bonds. The quantitative estimate of drug-likeness (QED) is 0.613. The van der Waals surface area contributed by atoms with Crippen LogP contribution in [0.3, 0.4) is 0 Å². The minimum absolute atomic E-state index is 0.403. The molecule has 130 valence electrons. The van der Waals surface area contributed by atoms with E-state index in [1.807, 2.05) is 36.4 Å². The van der Waals surface area contributed by atoms with Crippen molar-refractivity contribution in [3.05, 3.63) is 47.0 Å². The predicted octanol–water partition coefficient (Wildman–Crippen LogP) is 4.71. The molecule has 0 N–H and O–H groups in total. The Morgan fingerprint density at radius 2 is 1.88 bits per heavy atom. The Labute approximate surface area is 150 Å². The minimum atomic E-state index is 0.403. The molecular formula is C19H20N2O3S. The molecule has 0 radical (unpaired) electrons. The summed E-state index contributed by atoms with van der Waals surface area (Å²) in [6, 6.07) is 9.49. The highest BCUT2D eigenvalue weighted by molar-refractivity contribution is 7.18. The van der Waals surface area contributed by atoms with Crippen LogP contribution in [-0.4, -0.2) is 24.2 Å². The first-order chi connectivity index (χ1) is 12.2. The highest BCUT2D eigenvalue weighted by atomic mass is 32.1. The first-order valence-electron chi connectivity index (χ1n) is 8.01. The molecule has 3 aromatic rings. The fourth-order valence-corrected chi connectivity index (χ4v) is 3.18. The van der Waals surface area contributed by atoms with Gasteiger partial charge in [0.15, 0.2) is 11.5 Å². The zero-order valence-electron chi connectivity index (χ0n) is 14.5. The van der Waals surface area contributed by atoms with E-state index in [1.165, 1.54) is 0 Å². The van der Waals surface area contributed by atoms with Gasteiger partial charge in [-0.15, -0.1) is 0 Å². The van der Waals surface area contributed by atoms with Gasteiger partial charge in [-0.2, -0.15) is 0 Å². The van der Waals surface area contributed by atoms with Crippen LogP contribution in [0.5, 0.6) is 17.4 Å². The Hall–Kier alpha value is -2.60. The summed E-state index contributed by atoms with van der Waals surface area (Å²) in [4.78, 5) is 9.95. The summed E-state index contributed by atoms with van der Waals surface area (Å²) in [7, 11) is 3.23. The van der Waals surface area contributed by atoms with Gasteiger partial charge in [0.2, 0.25) is 5.88 Å². The van der Waals surface area contributed by atoms with Gasteiger partial charge in [-0.25, -0.2) is 9.97 Å². The summed E-state index contributed by atoms with van der Waals surface area (Å²) in [6.45, 7) is 2.50. The minimum Gasteiger partial charge on any atom is -0.493 e. The van der Waals surface area contributed by atoms with E-state index in [-0.39, 0.29) is 0 Å². The van der Waals surface area contributed by atoms with Gasteiger partial charge >= 0.3 is 0 Å². The van der Waals surface area contributed by atoms with Gasteiger partial charge < -0.3 is 14.2 Å². The van der Waals surface area contributed by atoms with Crippen molar-refractivity contribution in [2.75, 3.05) is 14.2 Å². The third kappa shape index (κ3) is 4.09. The van der Waals surface area contributed by atoms with Crippen molar-refractivity contribution >= 4 is 27.8 Å². The van der Waals surface area contributed by atoms with Gasteiger partial charge in [-0.3, -0.25) is 0 Å². The van der Waals surface area contributed by atoms with Crippen molar-refractivity contribution < 1.29 is 14.2 Å². The van der Waals surface area contributed by atoms with E-state index < -0.39 is 0 Å². The van der Waals surface area contributed by atoms with Gasteiger partial charge in [0.1, 0.15) is 22.0 Å². The summed E-state index contributed by atoms with van der Waals surface area (Å²) in [5.41, 5.74) is 1.87. The molecule has 0 saturated heterocycles. The van der Waals surface area contributed by atoms with Crippen molar-refractivity contribution in [1.29, 1.82) is 0 Å². The Morgan fingerprint density at radius 3 is 2.64 bits per heavy atom. The number of hydrogen-bond acceptors (Lipinski definition) is 6. The standard InChI is InChI=1S/C19H20N2O3S/c1-4-5-6-18-20-14-8-10-17(21-19(14)25-18)24-12-13-7-9-15(22-2)16(11-13)23-3/h5-11H,4,12H2,1-3H3. The van der Waals surface area contributed by atoms with Crippen molar-refractivity contribution in [2.45, 2.75) is 20.0 Å². The lowest BCUT2D eigenvalue weighted by Crippen LogP contribution is -1.98. The van der Waals surface area contributed by atoms with Crippen molar-refractivity contribution in [3.8, 4) is 17.4 Å². The Morgan fingerprint density at radius 1 is 1.04 bits per heavy atom. The van der Waals surface area contributed by atoms with Crippen LogP contribution in [0.4, 0.5) is 0 Å². The fourth-order valence-electron chi connectivity index (χ4n) is 2.31. The van der Waals surface area contributed by atoms with Crippen molar-refractivity contribution in [1.82, 2.24) is 9.97 Å². The normalized spacial score (nSPS) is 11.2. The molecule has 2 heterocycles. The van der Waals surface area contributed by atoms with Crippen molar-refractivity contribution in [3.63, 3.8) is 0 Å². The lowest BCUT2D eigenvalue weighted by molar-refractivity contribution is 0.293. The van der Waals surface area contributed by atoms with E-state index in [2.05, 4.69) is 23.0 Å². The number of fused-ring (bicyclic) bond motifs is 1. The fraction of sp³-hybridized carbons (Fsp3) is 0.263. The number of allylic oxidation sites excluding steroid dienone is 1. The lowest BCUT2D eigenvalue weighted by atomic mass is 10.2. The number of methoxy groups -OCH3 is 2. The molecule has 1 aromatic carbocycles. The maximum Gasteiger partial charge on any atom is 0.215 e. The molecule has 2 aromatic heterocycles. The third-order valence-corrected chi connectivity index (χ3v) is 4.51. The Bertz CT molecular complexity index is 890. The van der Waals surface area contributed by atoms with Gasteiger partial charge in [0, 0.05) is 6.07 Å². The van der Waals surface area contributed by atoms with E-state index in [9.17, 15) is 0 Å². The van der Waals surface area contributed by atoms with Crippen molar-refractivity contribution in [2.24, 2.45) is 0 Å². The second-order valence-corrected chi connectivity index (χ2v) is 6.32. The average molecular weight is 356 g/mol. The monoisotopic (exact) mass is 356 g/mol. The summed E-state index contributed by atoms with van der Waals surface area (Å²) < 4.78 is 16.4. The smallest absolute Gasteiger partial charge is 0.215 e. The number of benzene rings is 1. The molecule has 0 spiro atoms. The highest BCUT2D eigenvalue weighted by Gasteiger charge is 2.07. The van der Waals surface area contributed by atoms with Crippen LogP contribution in [0, 0.1) is 0 Å². The van der Waals surface area contributed by atoms with E-state index in [1.54, 1.807) is 25.6 Å². The zero-order chi connectivity index (χ0) is 17.6. The first-order valence-corrected chi connectivity index (χ1v) is 8.83. The summed E-state index contributed by atoms with van der Waals surface area (Å²) in [5, 5.41) is 0.960. The number of hydrogen-bond donors (Lipinski definition) is 0. The predicted molar refractivity (Wildman–Crippen MR) is 101 cm³/mol. The summed E-state index contributed by atoms with van der Waals surface area (Å²) in [5.74, 6) is 1.96. The maximum absolute atomic E-state index is 5.82. The van der Waals surface area contributed by atoms with Gasteiger partial charge in [-0.1, -0.05) is 30.4 Å². The van der Waals surface area contributed by atoms with Crippen LogP contribution >= 0.6 is 11.3 Å². The SMILES string of the molecule is CCC=Cc1nc2ccc(OCc3ccc(OC)c(OC)c3)nc2s1. The molecule has 5 nitrogen and oxygen atoms in total. The average Bonchev–Trinajstić information content (AvgIpc) is 3.06. The molecular weight excluding hydrogens is 336 g/mol. The second kappa shape index (κ2) is 7.98. The molecule has 25 heavy (non-hydrogen) atoms. The molecule has 0 aliphatic carbocycles. The largest absolute Gasteiger partial charge is 0.493 e. The number of nitrogens with zero attached hydrogens (tertiary/aromatic N) is 2. The molecule has 0 atom stereocenters. The van der Waals surface area contributed by atoms with Crippen LogP contribution in [-0.2, 0) is 6.61 Å². The van der Waals surface area contributed by atoms with E-state index in [0.29, 0.717) is 24.0 Å². The topological polar surface area (TPSA) is 53.5 Å². The van der Waals surface area contributed by atoms with Gasteiger partial charge in [-0.05, 0) is 36.3 Å². The third-order valence-electron chi connectivity index (χ3n) is 3.58. The molecule has 0 bridgehead atoms. The van der Waals surface area contributed by atoms with E-state index in [4.69, 9.17) is 14.2 Å². The molecule has 6 heteroatoms. The number of pyridine rings is 1. The number of aromatic nitrogens is 2. The number of thiazole rings is 1. The van der Waals surface area contributed by atoms with Gasteiger partial charge in [0.25, 0.3) is 0 Å². The van der Waals surface area contributed by atoms with E-state index >= 15 is 0 Å². The molecule has 0 unspecified atom stereocenters. The van der Waals surface area contributed by atoms with E-state index in [0.717, 1.165) is 27.3 Å². The Kier molecular flexibility index (Phi) is 5.50. The summed E-state index contributed by atoms with van der Waals surface area (Å²) in [6.07, 6.45) is 5.10. The number of ether oxygens (including phenoxy) is 3. The van der Waals surface area contributed by atoms with Gasteiger partial charge in [0.05, 0.1) is 14.2 Å². The van der Waals surface area contributed by atoms with Crippen LogP contribution in [0.1, 0.15) is 23.9 Å². The molecule has 0 aliphatic rings. The molecule has 0 saturated carbocycles. The Balaban J connectivity index is 1.73. The lowest BCUT2D eigenvalue weighted by Gasteiger charge is -2.10. The zero-order valence-corrected chi connectivity index (χ0v) is 15.3. The van der Waals surface area contributed by atoms with Crippen LogP contribution < -0.4 is 14.2 Å². The second-order valence-electron chi connectivity index (χ2n) is 5.31. The van der Waals surface area contributed by atoms with Crippen LogP contribution in [0.25, 0.3) is 16.4 Å².